The molecule has 0 fully saturated rings. The molecule has 0 atom stereocenters. The molecule has 0 aliphatic carbocycles. The summed E-state index contributed by atoms with van der Waals surface area (Å²) >= 11 is 6.47. The molecule has 0 spiro atoms. The van der Waals surface area contributed by atoms with Crippen molar-refractivity contribution in [1.82, 2.24) is 5.32 Å². The van der Waals surface area contributed by atoms with Gasteiger partial charge in [0, 0.05) is 15.3 Å². The summed E-state index contributed by atoms with van der Waals surface area (Å²) in [5, 5.41) is 5.67. The lowest BCUT2D eigenvalue weighted by molar-refractivity contribution is -0.113. The Morgan fingerprint density at radius 1 is 1.33 bits per heavy atom. The van der Waals surface area contributed by atoms with Crippen molar-refractivity contribution in [1.29, 1.82) is 0 Å². The first-order chi connectivity index (χ1) is 10.1. The van der Waals surface area contributed by atoms with Crippen LogP contribution in [0.15, 0.2) is 39.0 Å². The van der Waals surface area contributed by atoms with E-state index in [1.807, 2.05) is 18.2 Å². The Morgan fingerprint density at radius 2 is 2.19 bits per heavy atom. The summed E-state index contributed by atoms with van der Waals surface area (Å²) in [6.07, 6.45) is 0. The molecule has 7 heteroatoms. The van der Waals surface area contributed by atoms with E-state index < -0.39 is 0 Å². The SMILES string of the molecule is O=C1CSc2ccc(C(=O)NCc3ccc(Br)s3)cc2N1. The van der Waals surface area contributed by atoms with E-state index in [-0.39, 0.29) is 11.8 Å². The maximum atomic E-state index is 12.2. The van der Waals surface area contributed by atoms with Gasteiger partial charge in [-0.25, -0.2) is 0 Å². The van der Waals surface area contributed by atoms with Crippen molar-refractivity contribution >= 4 is 56.5 Å². The van der Waals surface area contributed by atoms with Crippen molar-refractivity contribution in [2.75, 3.05) is 11.1 Å². The van der Waals surface area contributed by atoms with E-state index in [0.29, 0.717) is 23.5 Å². The normalized spacial score (nSPS) is 13.5. The van der Waals surface area contributed by atoms with E-state index in [1.54, 1.807) is 23.5 Å². The lowest BCUT2D eigenvalue weighted by Gasteiger charge is -2.16. The summed E-state index contributed by atoms with van der Waals surface area (Å²) in [7, 11) is 0. The number of amides is 2. The predicted octanol–water partition coefficient (Wildman–Crippen LogP) is 3.48. The second-order valence-electron chi connectivity index (χ2n) is 4.44. The van der Waals surface area contributed by atoms with Gasteiger partial charge >= 0.3 is 0 Å². The first-order valence-electron chi connectivity index (χ1n) is 6.21. The van der Waals surface area contributed by atoms with Crippen LogP contribution in [-0.2, 0) is 11.3 Å². The highest BCUT2D eigenvalue weighted by Gasteiger charge is 2.17. The third kappa shape index (κ3) is 3.48. The van der Waals surface area contributed by atoms with Gasteiger partial charge in [-0.15, -0.1) is 23.1 Å². The highest BCUT2D eigenvalue weighted by atomic mass is 79.9. The van der Waals surface area contributed by atoms with Crippen molar-refractivity contribution in [2.24, 2.45) is 0 Å². The Bertz CT molecular complexity index is 715. The van der Waals surface area contributed by atoms with Crippen molar-refractivity contribution in [3.05, 3.63) is 44.6 Å². The van der Waals surface area contributed by atoms with Crippen LogP contribution in [-0.4, -0.2) is 17.6 Å². The maximum Gasteiger partial charge on any atom is 0.251 e. The van der Waals surface area contributed by atoms with Crippen LogP contribution in [0.2, 0.25) is 0 Å². The number of hydrogen-bond acceptors (Lipinski definition) is 4. The Labute approximate surface area is 138 Å². The molecule has 0 radical (unpaired) electrons. The Hall–Kier alpha value is -1.31. The molecule has 2 heterocycles. The number of carbonyl (C=O) groups is 2. The lowest BCUT2D eigenvalue weighted by atomic mass is 10.2. The molecule has 1 aliphatic rings. The minimum Gasteiger partial charge on any atom is -0.347 e. The average Bonchev–Trinajstić information content (AvgIpc) is 2.89. The number of halogens is 1. The van der Waals surface area contributed by atoms with Crippen molar-refractivity contribution in [3.63, 3.8) is 0 Å². The van der Waals surface area contributed by atoms with Crippen LogP contribution in [0.3, 0.4) is 0 Å². The molecule has 0 saturated carbocycles. The number of carbonyl (C=O) groups excluding carboxylic acids is 2. The third-order valence-electron chi connectivity index (χ3n) is 2.93. The molecule has 21 heavy (non-hydrogen) atoms. The van der Waals surface area contributed by atoms with Crippen LogP contribution < -0.4 is 10.6 Å². The molecule has 3 rings (SSSR count). The van der Waals surface area contributed by atoms with E-state index in [4.69, 9.17) is 0 Å². The van der Waals surface area contributed by atoms with E-state index in [1.165, 1.54) is 11.8 Å². The fourth-order valence-electron chi connectivity index (χ4n) is 1.94. The largest absolute Gasteiger partial charge is 0.347 e. The van der Waals surface area contributed by atoms with E-state index in [0.717, 1.165) is 13.6 Å². The lowest BCUT2D eigenvalue weighted by Crippen LogP contribution is -2.23. The summed E-state index contributed by atoms with van der Waals surface area (Å²) in [5.74, 6) is 0.242. The van der Waals surface area contributed by atoms with Crippen LogP contribution in [0.4, 0.5) is 5.69 Å². The van der Waals surface area contributed by atoms with Gasteiger partial charge in [0.2, 0.25) is 5.91 Å². The quantitative estimate of drug-likeness (QED) is 0.853. The molecule has 108 valence electrons. The first kappa shape index (κ1) is 14.6. The molecule has 4 nitrogen and oxygen atoms in total. The predicted molar refractivity (Wildman–Crippen MR) is 89.0 cm³/mol. The molecule has 1 aromatic heterocycles. The molecule has 2 amide bonds. The Kier molecular flexibility index (Phi) is 4.32. The van der Waals surface area contributed by atoms with Gasteiger partial charge in [0.25, 0.3) is 5.91 Å². The summed E-state index contributed by atoms with van der Waals surface area (Å²) in [5.41, 5.74) is 1.26. The molecule has 1 aromatic carbocycles. The number of thiophene rings is 1. The molecule has 0 bridgehead atoms. The van der Waals surface area contributed by atoms with Gasteiger partial charge in [-0.3, -0.25) is 9.59 Å². The monoisotopic (exact) mass is 382 g/mol. The fraction of sp³-hybridized carbons (Fsp3) is 0.143. The number of rotatable bonds is 3. The maximum absolute atomic E-state index is 12.2. The zero-order chi connectivity index (χ0) is 14.8. The number of thioether (sulfide) groups is 1. The summed E-state index contributed by atoms with van der Waals surface area (Å²) in [6.45, 7) is 0.493. The van der Waals surface area contributed by atoms with E-state index >= 15 is 0 Å². The molecule has 2 aromatic rings. The summed E-state index contributed by atoms with van der Waals surface area (Å²) in [4.78, 5) is 25.6. The van der Waals surface area contributed by atoms with Crippen LogP contribution >= 0.6 is 39.0 Å². The van der Waals surface area contributed by atoms with E-state index in [9.17, 15) is 9.59 Å². The van der Waals surface area contributed by atoms with Gasteiger partial charge in [0.1, 0.15) is 0 Å². The third-order valence-corrected chi connectivity index (χ3v) is 5.62. The van der Waals surface area contributed by atoms with Gasteiger partial charge in [0.15, 0.2) is 0 Å². The van der Waals surface area contributed by atoms with Crippen LogP contribution in [0, 0.1) is 0 Å². The fourth-order valence-corrected chi connectivity index (χ4v) is 4.15. The van der Waals surface area contributed by atoms with Gasteiger partial charge in [-0.2, -0.15) is 0 Å². The second-order valence-corrected chi connectivity index (χ2v) is 8.00. The molecule has 0 saturated heterocycles. The van der Waals surface area contributed by atoms with Crippen LogP contribution in [0.1, 0.15) is 15.2 Å². The number of fused-ring (bicyclic) bond motifs is 1. The van der Waals surface area contributed by atoms with Gasteiger partial charge < -0.3 is 10.6 Å². The van der Waals surface area contributed by atoms with Crippen LogP contribution in [0.25, 0.3) is 0 Å². The highest BCUT2D eigenvalue weighted by Crippen LogP contribution is 2.32. The molecule has 0 unspecified atom stereocenters. The topological polar surface area (TPSA) is 58.2 Å². The van der Waals surface area contributed by atoms with Gasteiger partial charge in [-0.1, -0.05) is 0 Å². The Balaban J connectivity index is 1.70. The standard InChI is InChI=1S/C14H11BrN2O2S2/c15-12-4-2-9(21-12)6-16-14(19)8-1-3-11-10(5-8)17-13(18)7-20-11/h1-5H,6-7H2,(H,16,19)(H,17,18). The minimum atomic E-state index is -0.146. The van der Waals surface area contributed by atoms with Gasteiger partial charge in [-0.05, 0) is 46.3 Å². The first-order valence-corrected chi connectivity index (χ1v) is 8.80. The zero-order valence-corrected chi connectivity index (χ0v) is 14.0. The van der Waals surface area contributed by atoms with Crippen LogP contribution in [0.5, 0.6) is 0 Å². The minimum absolute atomic E-state index is 0.0338. The Morgan fingerprint density at radius 3 is 2.95 bits per heavy atom. The summed E-state index contributed by atoms with van der Waals surface area (Å²) < 4.78 is 1.04. The van der Waals surface area contributed by atoms with E-state index in [2.05, 4.69) is 26.6 Å². The highest BCUT2D eigenvalue weighted by molar-refractivity contribution is 9.11. The van der Waals surface area contributed by atoms with Crippen molar-refractivity contribution in [2.45, 2.75) is 11.4 Å². The number of nitrogens with one attached hydrogen (secondary N) is 2. The molecular formula is C14H11BrN2O2S2. The van der Waals surface area contributed by atoms with Crippen molar-refractivity contribution in [3.8, 4) is 0 Å². The second kappa shape index (κ2) is 6.21. The number of hydrogen-bond donors (Lipinski definition) is 2. The number of benzene rings is 1. The number of anilines is 1. The van der Waals surface area contributed by atoms with Crippen molar-refractivity contribution < 1.29 is 9.59 Å². The molecule has 2 N–H and O–H groups in total. The summed E-state index contributed by atoms with van der Waals surface area (Å²) in [6, 6.07) is 9.30. The molecular weight excluding hydrogens is 372 g/mol. The average molecular weight is 383 g/mol. The zero-order valence-electron chi connectivity index (χ0n) is 10.8. The smallest absolute Gasteiger partial charge is 0.251 e. The van der Waals surface area contributed by atoms with Gasteiger partial charge in [0.05, 0.1) is 21.8 Å². The molecule has 1 aliphatic heterocycles.